The summed E-state index contributed by atoms with van der Waals surface area (Å²) in [5, 5.41) is 11.5. The molecule has 0 spiro atoms. The summed E-state index contributed by atoms with van der Waals surface area (Å²) in [6.45, 7) is 9.81. The summed E-state index contributed by atoms with van der Waals surface area (Å²) >= 11 is 0. The molecule has 38 heavy (non-hydrogen) atoms. The van der Waals surface area contributed by atoms with Crippen LogP contribution in [0.1, 0.15) is 55.0 Å². The number of carbonyl (C=O) groups excluding carboxylic acids is 2. The Labute approximate surface area is 224 Å². The zero-order valence-electron chi connectivity index (χ0n) is 22.4. The predicted molar refractivity (Wildman–Crippen MR) is 151 cm³/mol. The lowest BCUT2D eigenvalue weighted by molar-refractivity contribution is -0.132. The predicted octanol–water partition coefficient (Wildman–Crippen LogP) is 6.32. The topological polar surface area (TPSA) is 70.1 Å². The van der Waals surface area contributed by atoms with E-state index < -0.39 is 17.7 Å². The Bertz CT molecular complexity index is 1400. The summed E-state index contributed by atoms with van der Waals surface area (Å²) in [6, 6.07) is 20.1. The fourth-order valence-electron chi connectivity index (χ4n) is 5.39. The van der Waals surface area contributed by atoms with Gasteiger partial charge in [-0.2, -0.15) is 0 Å². The molecule has 1 atom stereocenters. The van der Waals surface area contributed by atoms with Crippen molar-refractivity contribution < 1.29 is 19.4 Å². The number of carbonyl (C=O) groups is 2. The molecule has 1 N–H and O–H groups in total. The van der Waals surface area contributed by atoms with Gasteiger partial charge in [0.25, 0.3) is 11.7 Å². The molecule has 2 saturated heterocycles. The van der Waals surface area contributed by atoms with Gasteiger partial charge in [0, 0.05) is 30.0 Å². The highest BCUT2D eigenvalue weighted by Crippen LogP contribution is 2.43. The van der Waals surface area contributed by atoms with Crippen LogP contribution in [0.3, 0.4) is 0 Å². The lowest BCUT2D eigenvalue weighted by Gasteiger charge is -2.26. The number of anilines is 2. The number of Topliss-reactive ketones (excluding diaryl/α,β-unsaturated/α-hetero) is 1. The molecule has 0 bridgehead atoms. The van der Waals surface area contributed by atoms with Gasteiger partial charge in [-0.15, -0.1) is 0 Å². The molecule has 0 radical (unpaired) electrons. The van der Waals surface area contributed by atoms with Gasteiger partial charge in [0.2, 0.25) is 0 Å². The lowest BCUT2D eigenvalue weighted by Crippen LogP contribution is -2.29. The molecule has 5 rings (SSSR count). The quantitative estimate of drug-likeness (QED) is 0.239. The van der Waals surface area contributed by atoms with Crippen molar-refractivity contribution in [2.45, 2.75) is 52.7 Å². The largest absolute Gasteiger partial charge is 0.507 e. The van der Waals surface area contributed by atoms with E-state index in [4.69, 9.17) is 4.74 Å². The van der Waals surface area contributed by atoms with Gasteiger partial charge >= 0.3 is 0 Å². The summed E-state index contributed by atoms with van der Waals surface area (Å²) in [4.78, 5) is 30.8. The number of aliphatic hydroxyl groups is 1. The summed E-state index contributed by atoms with van der Waals surface area (Å²) in [5.74, 6) is -0.822. The van der Waals surface area contributed by atoms with Crippen LogP contribution < -0.4 is 14.5 Å². The van der Waals surface area contributed by atoms with Crippen LogP contribution in [0.2, 0.25) is 0 Å². The van der Waals surface area contributed by atoms with Crippen molar-refractivity contribution in [2.24, 2.45) is 0 Å². The van der Waals surface area contributed by atoms with E-state index in [0.717, 1.165) is 35.5 Å². The molecule has 2 aliphatic rings. The van der Waals surface area contributed by atoms with Crippen LogP contribution in [0.5, 0.6) is 5.75 Å². The van der Waals surface area contributed by atoms with Gasteiger partial charge in [0.15, 0.2) is 0 Å². The maximum atomic E-state index is 13.5. The zero-order chi connectivity index (χ0) is 27.0. The van der Waals surface area contributed by atoms with Crippen LogP contribution in [0.15, 0.2) is 72.3 Å². The number of ether oxygens (including phenoxy) is 1. The number of nitrogens with zero attached hydrogens (tertiary/aromatic N) is 2. The maximum absolute atomic E-state index is 13.5. The fraction of sp³-hybridized carbons (Fsp3) is 0.312. The number of amides is 1. The molecule has 1 amide bonds. The molecule has 0 saturated carbocycles. The van der Waals surface area contributed by atoms with Gasteiger partial charge in [0.05, 0.1) is 17.7 Å². The first kappa shape index (κ1) is 25.6. The van der Waals surface area contributed by atoms with E-state index in [-0.39, 0.29) is 17.4 Å². The van der Waals surface area contributed by atoms with Gasteiger partial charge in [-0.3, -0.25) is 14.5 Å². The van der Waals surface area contributed by atoms with Crippen molar-refractivity contribution in [3.8, 4) is 5.75 Å². The average Bonchev–Trinajstić information content (AvgIpc) is 3.52. The third-order valence-electron chi connectivity index (χ3n) is 7.21. The van der Waals surface area contributed by atoms with Crippen molar-refractivity contribution in [3.05, 3.63) is 94.6 Å². The first-order valence-electron chi connectivity index (χ1n) is 13.2. The standard InChI is InChI=1S/C32H34N2O4/c1-20(2)38-27-15-10-24(19-22(27)4)30(35)28-29(23-9-7-8-21(3)18-23)34(32(37)31(28)36)26-13-11-25(12-14-26)33-16-5-6-17-33/h7-15,18-20,29,35H,5-6,16-17H2,1-4H3/b30-28-. The molecule has 0 aliphatic carbocycles. The van der Waals surface area contributed by atoms with Crippen molar-refractivity contribution in [1.29, 1.82) is 0 Å². The summed E-state index contributed by atoms with van der Waals surface area (Å²) in [5.41, 5.74) is 4.89. The number of rotatable bonds is 6. The zero-order valence-corrected chi connectivity index (χ0v) is 22.4. The Kier molecular flexibility index (Phi) is 6.98. The Balaban J connectivity index is 1.61. The summed E-state index contributed by atoms with van der Waals surface area (Å²) in [7, 11) is 0. The molecule has 1 unspecified atom stereocenters. The van der Waals surface area contributed by atoms with Crippen molar-refractivity contribution in [2.75, 3.05) is 22.9 Å². The molecule has 2 heterocycles. The highest BCUT2D eigenvalue weighted by molar-refractivity contribution is 6.51. The molecule has 6 nitrogen and oxygen atoms in total. The van der Waals surface area contributed by atoms with Gasteiger partial charge in [0.1, 0.15) is 11.5 Å². The minimum Gasteiger partial charge on any atom is -0.507 e. The van der Waals surface area contributed by atoms with E-state index >= 15 is 0 Å². The molecule has 196 valence electrons. The number of benzene rings is 3. The van der Waals surface area contributed by atoms with Gasteiger partial charge < -0.3 is 14.7 Å². The molecule has 0 aromatic heterocycles. The highest BCUT2D eigenvalue weighted by Gasteiger charge is 2.47. The van der Waals surface area contributed by atoms with E-state index in [1.165, 1.54) is 17.7 Å². The van der Waals surface area contributed by atoms with Crippen LogP contribution in [0.25, 0.3) is 5.76 Å². The molecule has 2 aliphatic heterocycles. The summed E-state index contributed by atoms with van der Waals surface area (Å²) < 4.78 is 5.84. The van der Waals surface area contributed by atoms with Crippen molar-refractivity contribution >= 4 is 28.8 Å². The van der Waals surface area contributed by atoms with Crippen molar-refractivity contribution in [3.63, 3.8) is 0 Å². The van der Waals surface area contributed by atoms with Crippen LogP contribution in [0.4, 0.5) is 11.4 Å². The molecule has 6 heteroatoms. The number of hydrogen-bond acceptors (Lipinski definition) is 5. The van der Waals surface area contributed by atoms with Gasteiger partial charge in [-0.05, 0) is 94.1 Å². The Morgan fingerprint density at radius 2 is 1.61 bits per heavy atom. The molecule has 3 aromatic rings. The second kappa shape index (κ2) is 10.4. The molecule has 3 aromatic carbocycles. The van der Waals surface area contributed by atoms with Crippen LogP contribution in [0, 0.1) is 13.8 Å². The molecular weight excluding hydrogens is 476 g/mol. The Morgan fingerprint density at radius 1 is 0.921 bits per heavy atom. The van der Waals surface area contributed by atoms with Crippen molar-refractivity contribution in [1.82, 2.24) is 0 Å². The molecular formula is C32H34N2O4. The Morgan fingerprint density at radius 3 is 2.24 bits per heavy atom. The SMILES string of the molecule is Cc1cccc(C2/C(=C(/O)c3ccc(OC(C)C)c(C)c3)C(=O)C(=O)N2c2ccc(N3CCCC3)cc2)c1. The third kappa shape index (κ3) is 4.78. The first-order chi connectivity index (χ1) is 18.2. The normalized spacial score (nSPS) is 19.0. The second-order valence-electron chi connectivity index (χ2n) is 10.4. The highest BCUT2D eigenvalue weighted by atomic mass is 16.5. The lowest BCUT2D eigenvalue weighted by atomic mass is 9.93. The molecule has 2 fully saturated rings. The average molecular weight is 511 g/mol. The van der Waals surface area contributed by atoms with E-state index in [2.05, 4.69) is 4.90 Å². The maximum Gasteiger partial charge on any atom is 0.300 e. The van der Waals surface area contributed by atoms with E-state index in [0.29, 0.717) is 17.0 Å². The summed E-state index contributed by atoms with van der Waals surface area (Å²) in [6.07, 6.45) is 2.36. The van der Waals surface area contributed by atoms with Crippen LogP contribution >= 0.6 is 0 Å². The second-order valence-corrected chi connectivity index (χ2v) is 10.4. The third-order valence-corrected chi connectivity index (χ3v) is 7.21. The minimum atomic E-state index is -0.751. The number of aliphatic hydroxyl groups excluding tert-OH is 1. The Hall–Kier alpha value is -4.06. The van der Waals surface area contributed by atoms with E-state index in [1.807, 2.05) is 76.2 Å². The first-order valence-corrected chi connectivity index (χ1v) is 13.2. The number of aryl methyl sites for hydroxylation is 2. The van der Waals surface area contributed by atoms with Crippen LogP contribution in [-0.2, 0) is 9.59 Å². The smallest absolute Gasteiger partial charge is 0.300 e. The van der Waals surface area contributed by atoms with Crippen LogP contribution in [-0.4, -0.2) is 36.0 Å². The van der Waals surface area contributed by atoms with E-state index in [1.54, 1.807) is 18.2 Å². The fourth-order valence-corrected chi connectivity index (χ4v) is 5.39. The van der Waals surface area contributed by atoms with E-state index in [9.17, 15) is 14.7 Å². The minimum absolute atomic E-state index is 0.0108. The van der Waals surface area contributed by atoms with Gasteiger partial charge in [-0.25, -0.2) is 0 Å². The monoisotopic (exact) mass is 510 g/mol. The number of ketones is 1. The van der Waals surface area contributed by atoms with Gasteiger partial charge in [-0.1, -0.05) is 29.8 Å². The number of hydrogen-bond donors (Lipinski definition) is 1.